The second kappa shape index (κ2) is 5.91. The minimum atomic E-state index is 0.767. The zero-order valence-corrected chi connectivity index (χ0v) is 15.5. The molecule has 8 heteroatoms. The Balaban J connectivity index is 1.65. The van der Waals surface area contributed by atoms with E-state index in [4.69, 9.17) is 14.9 Å². The highest BCUT2D eigenvalue weighted by molar-refractivity contribution is 7.19. The molecular weight excluding hydrogens is 348 g/mol. The van der Waals surface area contributed by atoms with E-state index in [9.17, 15) is 0 Å². The van der Waals surface area contributed by atoms with Crippen LogP contribution in [0.15, 0.2) is 24.3 Å². The van der Waals surface area contributed by atoms with E-state index >= 15 is 0 Å². The van der Waals surface area contributed by atoms with Gasteiger partial charge in [-0.3, -0.25) is 4.68 Å². The summed E-state index contributed by atoms with van der Waals surface area (Å²) in [5.41, 5.74) is 4.53. The molecule has 0 fully saturated rings. The molecule has 0 radical (unpaired) electrons. The molecule has 0 aliphatic heterocycles. The van der Waals surface area contributed by atoms with Crippen LogP contribution in [0.2, 0.25) is 0 Å². The summed E-state index contributed by atoms with van der Waals surface area (Å²) in [6, 6.07) is 7.91. The number of ether oxygens (including phenoxy) is 1. The molecule has 4 aromatic rings. The van der Waals surface area contributed by atoms with Crippen LogP contribution in [0, 0.1) is 0 Å². The molecule has 0 spiro atoms. The highest BCUT2D eigenvalue weighted by Crippen LogP contribution is 2.33. The summed E-state index contributed by atoms with van der Waals surface area (Å²) in [5, 5.41) is 19.1. The third-order valence-corrected chi connectivity index (χ3v) is 5.79. The Bertz CT molecular complexity index is 1110. The molecule has 0 saturated carbocycles. The molecule has 5 rings (SSSR count). The lowest BCUT2D eigenvalue weighted by Gasteiger charge is -2.09. The van der Waals surface area contributed by atoms with Crippen LogP contribution in [0.3, 0.4) is 0 Å². The Labute approximate surface area is 154 Å². The van der Waals surface area contributed by atoms with Crippen LogP contribution in [0.4, 0.5) is 0 Å². The van der Waals surface area contributed by atoms with Crippen molar-refractivity contribution < 1.29 is 4.74 Å². The van der Waals surface area contributed by atoms with E-state index in [1.165, 1.54) is 35.4 Å². The van der Waals surface area contributed by atoms with Gasteiger partial charge in [0.05, 0.1) is 12.8 Å². The second-order valence-electron chi connectivity index (χ2n) is 6.46. The molecule has 3 heterocycles. The number of aryl methyl sites for hydroxylation is 2. The average Bonchev–Trinajstić information content (AvgIpc) is 3.33. The van der Waals surface area contributed by atoms with Crippen molar-refractivity contribution in [2.24, 2.45) is 7.05 Å². The van der Waals surface area contributed by atoms with Crippen molar-refractivity contribution in [3.8, 4) is 27.8 Å². The van der Waals surface area contributed by atoms with Crippen LogP contribution in [0.5, 0.6) is 5.75 Å². The lowest BCUT2D eigenvalue weighted by Crippen LogP contribution is -2.03. The predicted molar refractivity (Wildman–Crippen MR) is 99.5 cm³/mol. The van der Waals surface area contributed by atoms with E-state index in [2.05, 4.69) is 10.2 Å². The van der Waals surface area contributed by atoms with Crippen molar-refractivity contribution in [2.45, 2.75) is 25.7 Å². The zero-order chi connectivity index (χ0) is 17.7. The quantitative estimate of drug-likeness (QED) is 0.557. The Kier molecular flexibility index (Phi) is 3.53. The smallest absolute Gasteiger partial charge is 0.235 e. The maximum Gasteiger partial charge on any atom is 0.235 e. The summed E-state index contributed by atoms with van der Waals surface area (Å²) >= 11 is 1.52. The number of rotatable bonds is 3. The first-order chi connectivity index (χ1) is 12.7. The van der Waals surface area contributed by atoms with Crippen molar-refractivity contribution >= 4 is 16.3 Å². The van der Waals surface area contributed by atoms with E-state index in [0.717, 1.165) is 45.6 Å². The van der Waals surface area contributed by atoms with Gasteiger partial charge in [-0.2, -0.15) is 14.7 Å². The number of fused-ring (bicyclic) bond motifs is 2. The molecular formula is C18H18N6OS. The first-order valence-corrected chi connectivity index (χ1v) is 9.48. The lowest BCUT2D eigenvalue weighted by molar-refractivity contribution is 0.415. The third kappa shape index (κ3) is 2.33. The van der Waals surface area contributed by atoms with Gasteiger partial charge in [0.25, 0.3) is 0 Å². The van der Waals surface area contributed by atoms with E-state index in [1.54, 1.807) is 7.11 Å². The summed E-state index contributed by atoms with van der Waals surface area (Å²) in [4.78, 5) is 0.781. The Morgan fingerprint density at radius 3 is 2.88 bits per heavy atom. The fourth-order valence-electron chi connectivity index (χ4n) is 3.60. The monoisotopic (exact) mass is 366 g/mol. The largest absolute Gasteiger partial charge is 0.497 e. The fraction of sp³-hybridized carbons (Fsp3) is 0.333. The molecule has 7 nitrogen and oxygen atoms in total. The minimum absolute atomic E-state index is 0.767. The van der Waals surface area contributed by atoms with Gasteiger partial charge in [-0.15, -0.1) is 10.2 Å². The van der Waals surface area contributed by atoms with E-state index in [1.807, 2.05) is 40.5 Å². The average molecular weight is 366 g/mol. The van der Waals surface area contributed by atoms with Gasteiger partial charge in [-0.1, -0.05) is 23.5 Å². The van der Waals surface area contributed by atoms with E-state index in [-0.39, 0.29) is 0 Å². The molecule has 26 heavy (non-hydrogen) atoms. The van der Waals surface area contributed by atoms with E-state index in [0.29, 0.717) is 0 Å². The topological polar surface area (TPSA) is 70.1 Å². The Hall–Kier alpha value is -2.74. The molecule has 0 amide bonds. The first kappa shape index (κ1) is 15.5. The normalized spacial score (nSPS) is 13.9. The highest BCUT2D eigenvalue weighted by Gasteiger charge is 2.25. The molecule has 1 aliphatic rings. The molecule has 0 bridgehead atoms. The molecule has 1 aliphatic carbocycles. The van der Waals surface area contributed by atoms with Crippen LogP contribution in [-0.2, 0) is 19.9 Å². The summed E-state index contributed by atoms with van der Waals surface area (Å²) < 4.78 is 9.09. The number of aromatic nitrogens is 6. The van der Waals surface area contributed by atoms with Gasteiger partial charge in [-0.25, -0.2) is 0 Å². The van der Waals surface area contributed by atoms with Gasteiger partial charge in [-0.05, 0) is 37.8 Å². The van der Waals surface area contributed by atoms with Gasteiger partial charge in [0, 0.05) is 18.2 Å². The van der Waals surface area contributed by atoms with Crippen molar-refractivity contribution in [2.75, 3.05) is 7.11 Å². The SMILES string of the molecule is COc1cccc(-c2nn3c(-c4c5c(nn4C)CCCC5)nnc3s2)c1. The maximum absolute atomic E-state index is 5.32. The summed E-state index contributed by atoms with van der Waals surface area (Å²) in [6.45, 7) is 0. The maximum atomic E-state index is 5.32. The highest BCUT2D eigenvalue weighted by atomic mass is 32.1. The molecule has 3 aromatic heterocycles. The summed E-state index contributed by atoms with van der Waals surface area (Å²) in [6.07, 6.45) is 4.48. The van der Waals surface area contributed by atoms with Crippen LogP contribution in [-0.4, -0.2) is 36.7 Å². The van der Waals surface area contributed by atoms with Crippen molar-refractivity contribution in [3.63, 3.8) is 0 Å². The Morgan fingerprint density at radius 1 is 1.12 bits per heavy atom. The standard InChI is InChI=1S/C18H18N6OS/c1-23-15(13-8-3-4-9-14(13)21-23)16-19-20-18-24(16)22-17(26-18)11-6-5-7-12(10-11)25-2/h5-7,10H,3-4,8-9H2,1-2H3. The van der Waals surface area contributed by atoms with Crippen LogP contribution < -0.4 is 4.74 Å². The summed E-state index contributed by atoms with van der Waals surface area (Å²) in [7, 11) is 3.64. The predicted octanol–water partition coefficient (Wildman–Crippen LogP) is 3.14. The van der Waals surface area contributed by atoms with Crippen molar-refractivity contribution in [1.29, 1.82) is 0 Å². The third-order valence-electron chi connectivity index (χ3n) is 4.84. The number of nitrogens with zero attached hydrogens (tertiary/aromatic N) is 6. The molecule has 0 unspecified atom stereocenters. The van der Waals surface area contributed by atoms with Crippen LogP contribution in [0.25, 0.3) is 27.1 Å². The van der Waals surface area contributed by atoms with Gasteiger partial charge >= 0.3 is 0 Å². The second-order valence-corrected chi connectivity index (χ2v) is 7.42. The fourth-order valence-corrected chi connectivity index (χ4v) is 4.43. The molecule has 1 aromatic carbocycles. The number of benzene rings is 1. The number of methoxy groups -OCH3 is 1. The number of hydrogen-bond donors (Lipinski definition) is 0. The Morgan fingerprint density at radius 2 is 2.00 bits per heavy atom. The molecule has 0 atom stereocenters. The summed E-state index contributed by atoms with van der Waals surface area (Å²) in [5.74, 6) is 1.58. The molecule has 132 valence electrons. The minimum Gasteiger partial charge on any atom is -0.497 e. The molecule has 0 N–H and O–H groups in total. The van der Waals surface area contributed by atoms with Gasteiger partial charge in [0.2, 0.25) is 10.8 Å². The van der Waals surface area contributed by atoms with Crippen molar-refractivity contribution in [1.82, 2.24) is 29.6 Å². The van der Waals surface area contributed by atoms with Gasteiger partial charge < -0.3 is 4.74 Å². The first-order valence-electron chi connectivity index (χ1n) is 8.66. The number of hydrogen-bond acceptors (Lipinski definition) is 6. The van der Waals surface area contributed by atoms with Gasteiger partial charge in [0.1, 0.15) is 16.5 Å². The van der Waals surface area contributed by atoms with Crippen LogP contribution in [0.1, 0.15) is 24.1 Å². The zero-order valence-electron chi connectivity index (χ0n) is 14.6. The van der Waals surface area contributed by atoms with Crippen LogP contribution >= 0.6 is 11.3 Å². The lowest BCUT2D eigenvalue weighted by atomic mass is 9.96. The molecule has 0 saturated heterocycles. The van der Waals surface area contributed by atoms with E-state index < -0.39 is 0 Å². The van der Waals surface area contributed by atoms with Gasteiger partial charge in [0.15, 0.2) is 0 Å². The van der Waals surface area contributed by atoms with Crippen molar-refractivity contribution in [3.05, 3.63) is 35.5 Å².